The van der Waals surface area contributed by atoms with E-state index in [2.05, 4.69) is 73.0 Å². The van der Waals surface area contributed by atoms with E-state index < -0.39 is 0 Å². The van der Waals surface area contributed by atoms with Crippen molar-refractivity contribution in [3.05, 3.63) is 71.6 Å². The summed E-state index contributed by atoms with van der Waals surface area (Å²) in [5, 5.41) is 11.8. The third-order valence-electron chi connectivity index (χ3n) is 8.04. The molecule has 4 aromatic carbocycles. The Morgan fingerprint density at radius 3 is 1.86 bits per heavy atom. The average Bonchev–Trinajstić information content (AvgIpc) is 3.39. The van der Waals surface area contributed by atoms with Crippen molar-refractivity contribution < 1.29 is 0 Å². The Morgan fingerprint density at radius 1 is 0.472 bits per heavy atom. The summed E-state index contributed by atoms with van der Waals surface area (Å²) in [4.78, 5) is 0. The topological polar surface area (TPSA) is 0 Å². The lowest BCUT2D eigenvalue weighted by molar-refractivity contribution is 0.539. The fourth-order valence-corrected chi connectivity index (χ4v) is 6.69. The summed E-state index contributed by atoms with van der Waals surface area (Å²) in [5.41, 5.74) is 1.49. The lowest BCUT2D eigenvalue weighted by Crippen LogP contribution is -1.88. The number of unbranched alkanes of at least 4 members (excludes halogenated alkanes) is 12. The molecule has 0 fully saturated rings. The standard InChI is InChI=1S/C35H42S/c1-2-3-4-5-6-7-8-9-10-11-12-13-14-15-27-16-17-28-26-34-29(25-30(28)24-27)18-19-31-32(34)20-21-35-33(31)22-23-36-35/h16-26H,2-15H2,1H3. The lowest BCUT2D eigenvalue weighted by Gasteiger charge is -2.09. The molecule has 36 heavy (non-hydrogen) atoms. The number of benzene rings is 4. The van der Waals surface area contributed by atoms with E-state index in [4.69, 9.17) is 0 Å². The zero-order valence-electron chi connectivity index (χ0n) is 22.2. The Balaban J connectivity index is 1.11. The Hall–Kier alpha value is -2.38. The molecule has 1 heterocycles. The number of fused-ring (bicyclic) bond motifs is 6. The first-order valence-corrected chi connectivity index (χ1v) is 15.5. The van der Waals surface area contributed by atoms with Crippen LogP contribution in [-0.4, -0.2) is 0 Å². The molecule has 1 aromatic heterocycles. The van der Waals surface area contributed by atoms with E-state index in [-0.39, 0.29) is 0 Å². The van der Waals surface area contributed by atoms with E-state index in [1.54, 1.807) is 0 Å². The van der Waals surface area contributed by atoms with Crippen LogP contribution >= 0.6 is 11.3 Å². The molecule has 0 nitrogen and oxygen atoms in total. The highest BCUT2D eigenvalue weighted by molar-refractivity contribution is 7.17. The van der Waals surface area contributed by atoms with Gasteiger partial charge in [0.15, 0.2) is 0 Å². The highest BCUT2D eigenvalue weighted by atomic mass is 32.1. The van der Waals surface area contributed by atoms with Crippen molar-refractivity contribution in [1.82, 2.24) is 0 Å². The predicted octanol–water partition coefficient (Wildman–Crippen LogP) is 12.0. The van der Waals surface area contributed by atoms with Gasteiger partial charge in [-0.1, -0.05) is 120 Å². The van der Waals surface area contributed by atoms with Gasteiger partial charge < -0.3 is 0 Å². The molecule has 0 atom stereocenters. The summed E-state index contributed by atoms with van der Waals surface area (Å²) in [6.45, 7) is 2.30. The van der Waals surface area contributed by atoms with Gasteiger partial charge in [0.1, 0.15) is 0 Å². The van der Waals surface area contributed by atoms with Gasteiger partial charge in [-0.15, -0.1) is 11.3 Å². The van der Waals surface area contributed by atoms with Gasteiger partial charge in [-0.2, -0.15) is 0 Å². The average molecular weight is 495 g/mol. The van der Waals surface area contributed by atoms with Crippen LogP contribution in [0.3, 0.4) is 0 Å². The van der Waals surface area contributed by atoms with Crippen LogP contribution in [0, 0.1) is 0 Å². The molecule has 0 aliphatic heterocycles. The van der Waals surface area contributed by atoms with Gasteiger partial charge in [0.05, 0.1) is 0 Å². The normalized spacial score (nSPS) is 11.9. The van der Waals surface area contributed by atoms with Crippen LogP contribution in [0.2, 0.25) is 0 Å². The molecule has 0 saturated carbocycles. The lowest BCUT2D eigenvalue weighted by atomic mass is 9.95. The summed E-state index contributed by atoms with van der Waals surface area (Å²) in [7, 11) is 0. The second-order valence-electron chi connectivity index (χ2n) is 10.8. The molecule has 0 N–H and O–H groups in total. The molecule has 0 bridgehead atoms. The minimum atomic E-state index is 1.21. The highest BCUT2D eigenvalue weighted by Gasteiger charge is 2.07. The molecule has 1 heteroatoms. The number of aryl methyl sites for hydroxylation is 1. The van der Waals surface area contributed by atoms with E-state index in [1.807, 2.05) is 11.3 Å². The molecule has 5 aromatic rings. The van der Waals surface area contributed by atoms with Crippen LogP contribution in [-0.2, 0) is 6.42 Å². The van der Waals surface area contributed by atoms with Crippen molar-refractivity contribution in [1.29, 1.82) is 0 Å². The molecule has 0 aliphatic carbocycles. The number of hydrogen-bond acceptors (Lipinski definition) is 1. The fourth-order valence-electron chi connectivity index (χ4n) is 5.89. The molecule has 0 spiro atoms. The van der Waals surface area contributed by atoms with Gasteiger partial charge in [0.2, 0.25) is 0 Å². The minimum Gasteiger partial charge on any atom is -0.144 e. The summed E-state index contributed by atoms with van der Waals surface area (Å²) in [6.07, 6.45) is 19.6. The molecule has 0 aliphatic rings. The van der Waals surface area contributed by atoms with Gasteiger partial charge in [-0.25, -0.2) is 0 Å². The Labute approximate surface area is 221 Å². The zero-order valence-corrected chi connectivity index (χ0v) is 23.0. The van der Waals surface area contributed by atoms with Crippen LogP contribution in [0.5, 0.6) is 0 Å². The monoisotopic (exact) mass is 494 g/mol. The molecule has 5 rings (SSSR count). The molecular weight excluding hydrogens is 452 g/mol. The maximum Gasteiger partial charge on any atom is 0.0349 e. The number of hydrogen-bond donors (Lipinski definition) is 0. The van der Waals surface area contributed by atoms with E-state index in [0.717, 1.165) is 0 Å². The Morgan fingerprint density at radius 2 is 1.11 bits per heavy atom. The van der Waals surface area contributed by atoms with E-state index in [1.165, 1.54) is 138 Å². The molecule has 188 valence electrons. The first-order chi connectivity index (χ1) is 17.8. The van der Waals surface area contributed by atoms with Crippen LogP contribution in [0.25, 0.3) is 42.4 Å². The van der Waals surface area contributed by atoms with E-state index >= 15 is 0 Å². The minimum absolute atomic E-state index is 1.21. The third-order valence-corrected chi connectivity index (χ3v) is 8.92. The molecule has 0 saturated heterocycles. The van der Waals surface area contributed by atoms with Gasteiger partial charge in [0.25, 0.3) is 0 Å². The second-order valence-corrected chi connectivity index (χ2v) is 11.8. The zero-order chi connectivity index (χ0) is 24.6. The van der Waals surface area contributed by atoms with Crippen molar-refractivity contribution in [2.24, 2.45) is 0 Å². The van der Waals surface area contributed by atoms with Gasteiger partial charge >= 0.3 is 0 Å². The van der Waals surface area contributed by atoms with E-state index in [9.17, 15) is 0 Å². The van der Waals surface area contributed by atoms with Gasteiger partial charge in [-0.3, -0.25) is 0 Å². The number of thiophene rings is 1. The summed E-state index contributed by atoms with van der Waals surface area (Å²) in [5.74, 6) is 0. The summed E-state index contributed by atoms with van der Waals surface area (Å²) in [6, 6.07) is 23.4. The molecule has 0 unspecified atom stereocenters. The quantitative estimate of drug-likeness (QED) is 0.0817. The predicted molar refractivity (Wildman–Crippen MR) is 164 cm³/mol. The van der Waals surface area contributed by atoms with Crippen molar-refractivity contribution in [2.45, 2.75) is 96.8 Å². The summed E-state index contributed by atoms with van der Waals surface area (Å²) < 4.78 is 1.38. The second kappa shape index (κ2) is 12.7. The van der Waals surface area contributed by atoms with Gasteiger partial charge in [0, 0.05) is 10.1 Å². The van der Waals surface area contributed by atoms with Crippen molar-refractivity contribution >= 4 is 53.7 Å². The first-order valence-electron chi connectivity index (χ1n) is 14.6. The Bertz CT molecular complexity index is 1410. The SMILES string of the molecule is CCCCCCCCCCCCCCCc1ccc2cc3c(ccc4c5ccsc5ccc34)cc2c1. The van der Waals surface area contributed by atoms with Crippen LogP contribution < -0.4 is 0 Å². The van der Waals surface area contributed by atoms with Crippen LogP contribution in [0.15, 0.2) is 66.0 Å². The highest BCUT2D eigenvalue weighted by Crippen LogP contribution is 2.35. The van der Waals surface area contributed by atoms with Crippen LogP contribution in [0.4, 0.5) is 0 Å². The summed E-state index contributed by atoms with van der Waals surface area (Å²) >= 11 is 1.83. The third kappa shape index (κ3) is 6.12. The van der Waals surface area contributed by atoms with E-state index in [0.29, 0.717) is 0 Å². The largest absolute Gasteiger partial charge is 0.144 e. The Kier molecular flexibility index (Phi) is 8.94. The molecule has 0 radical (unpaired) electrons. The maximum absolute atomic E-state index is 2.43. The first kappa shape index (κ1) is 25.3. The van der Waals surface area contributed by atoms with Crippen molar-refractivity contribution in [2.75, 3.05) is 0 Å². The number of rotatable bonds is 14. The smallest absolute Gasteiger partial charge is 0.0349 e. The maximum atomic E-state index is 2.43. The van der Waals surface area contributed by atoms with Crippen molar-refractivity contribution in [3.63, 3.8) is 0 Å². The molecule has 0 amide bonds. The van der Waals surface area contributed by atoms with Crippen LogP contribution in [0.1, 0.15) is 96.0 Å². The van der Waals surface area contributed by atoms with Crippen molar-refractivity contribution in [3.8, 4) is 0 Å². The molecular formula is C35H42S. The van der Waals surface area contributed by atoms with Gasteiger partial charge in [-0.05, 0) is 80.4 Å². The fraction of sp³-hybridized carbons (Fsp3) is 0.429.